The predicted octanol–water partition coefficient (Wildman–Crippen LogP) is 2.88. The molecule has 0 aromatic rings. The van der Waals surface area contributed by atoms with E-state index in [0.717, 1.165) is 12.3 Å². The Hall–Kier alpha value is -0.0400. The first-order chi connectivity index (χ1) is 4.76. The number of hydrogen-bond donors (Lipinski definition) is 0. The summed E-state index contributed by atoms with van der Waals surface area (Å²) in [5.74, 6) is 1.40. The van der Waals surface area contributed by atoms with Crippen LogP contribution in [0.3, 0.4) is 0 Å². The van der Waals surface area contributed by atoms with Gasteiger partial charge in [0.2, 0.25) is 0 Å². The molecule has 0 bridgehead atoms. The van der Waals surface area contributed by atoms with Crippen LogP contribution >= 0.6 is 0 Å². The SMILES string of the molecule is CCC(CC)C(C)CC[O]. The van der Waals surface area contributed by atoms with Gasteiger partial charge in [-0.1, -0.05) is 33.6 Å². The van der Waals surface area contributed by atoms with Gasteiger partial charge in [-0.3, -0.25) is 0 Å². The molecule has 0 heterocycles. The summed E-state index contributed by atoms with van der Waals surface area (Å²) in [6, 6.07) is 0. The molecule has 0 aromatic heterocycles. The molecule has 0 aliphatic carbocycles. The summed E-state index contributed by atoms with van der Waals surface area (Å²) in [7, 11) is 0. The highest BCUT2D eigenvalue weighted by atomic mass is 16.3. The van der Waals surface area contributed by atoms with Gasteiger partial charge in [0.25, 0.3) is 0 Å². The largest absolute Gasteiger partial charge is 0.237 e. The van der Waals surface area contributed by atoms with Crippen LogP contribution in [0, 0.1) is 11.8 Å². The van der Waals surface area contributed by atoms with Gasteiger partial charge in [-0.15, -0.1) is 0 Å². The molecule has 10 heavy (non-hydrogen) atoms. The second-order valence-corrected chi connectivity index (χ2v) is 3.05. The molecule has 1 unspecified atom stereocenters. The molecule has 0 aliphatic heterocycles. The van der Waals surface area contributed by atoms with Crippen LogP contribution in [0.2, 0.25) is 0 Å². The molecule has 0 saturated heterocycles. The zero-order valence-electron chi connectivity index (χ0n) is 7.39. The molecule has 1 atom stereocenters. The summed E-state index contributed by atoms with van der Waals surface area (Å²) >= 11 is 0. The molecule has 0 amide bonds. The summed E-state index contributed by atoms with van der Waals surface area (Å²) in [6.07, 6.45) is 3.29. The quantitative estimate of drug-likeness (QED) is 0.564. The van der Waals surface area contributed by atoms with E-state index in [9.17, 15) is 5.11 Å². The molecule has 61 valence electrons. The minimum absolute atomic E-state index is 0.0949. The molecule has 0 rings (SSSR count). The van der Waals surface area contributed by atoms with E-state index in [4.69, 9.17) is 0 Å². The highest BCUT2D eigenvalue weighted by molar-refractivity contribution is 4.62. The average Bonchev–Trinajstić information content (AvgIpc) is 1.91. The Morgan fingerprint density at radius 1 is 1.20 bits per heavy atom. The van der Waals surface area contributed by atoms with Crippen molar-refractivity contribution in [2.75, 3.05) is 6.61 Å². The van der Waals surface area contributed by atoms with E-state index in [1.54, 1.807) is 0 Å². The van der Waals surface area contributed by atoms with Crippen LogP contribution in [0.1, 0.15) is 40.0 Å². The van der Waals surface area contributed by atoms with Crippen LogP contribution < -0.4 is 0 Å². The van der Waals surface area contributed by atoms with E-state index in [1.807, 2.05) is 0 Å². The molecule has 1 heteroatoms. The summed E-state index contributed by atoms with van der Waals surface area (Å²) in [4.78, 5) is 0. The molecule has 0 N–H and O–H groups in total. The summed E-state index contributed by atoms with van der Waals surface area (Å²) in [5, 5.41) is 10.3. The zero-order valence-corrected chi connectivity index (χ0v) is 7.39. The van der Waals surface area contributed by atoms with E-state index in [0.29, 0.717) is 5.92 Å². The lowest BCUT2D eigenvalue weighted by molar-refractivity contribution is 0.155. The highest BCUT2D eigenvalue weighted by Crippen LogP contribution is 2.21. The number of rotatable bonds is 5. The predicted molar refractivity (Wildman–Crippen MR) is 43.4 cm³/mol. The molecule has 0 spiro atoms. The Morgan fingerprint density at radius 2 is 1.70 bits per heavy atom. The Bertz CT molecular complexity index is 67.1. The Balaban J connectivity index is 3.53. The Kier molecular flexibility index (Phi) is 5.70. The highest BCUT2D eigenvalue weighted by Gasteiger charge is 2.11. The molecule has 0 fully saturated rings. The molecular formula is C9H19O. The maximum atomic E-state index is 10.3. The van der Waals surface area contributed by atoms with Gasteiger partial charge in [0.1, 0.15) is 0 Å². The first kappa shape index (κ1) is 9.96. The van der Waals surface area contributed by atoms with Crippen molar-refractivity contribution in [3.05, 3.63) is 0 Å². The average molecular weight is 143 g/mol. The van der Waals surface area contributed by atoms with Crippen molar-refractivity contribution in [2.24, 2.45) is 11.8 Å². The van der Waals surface area contributed by atoms with E-state index >= 15 is 0 Å². The van der Waals surface area contributed by atoms with Crippen molar-refractivity contribution in [3.8, 4) is 0 Å². The van der Waals surface area contributed by atoms with E-state index in [-0.39, 0.29) is 6.61 Å². The fourth-order valence-electron chi connectivity index (χ4n) is 1.52. The Labute approximate surface area is 64.5 Å². The molecular weight excluding hydrogens is 124 g/mol. The second-order valence-electron chi connectivity index (χ2n) is 3.05. The van der Waals surface area contributed by atoms with Crippen molar-refractivity contribution < 1.29 is 5.11 Å². The summed E-state index contributed by atoms with van der Waals surface area (Å²) in [6.45, 7) is 6.69. The monoisotopic (exact) mass is 143 g/mol. The van der Waals surface area contributed by atoms with Gasteiger partial charge < -0.3 is 0 Å². The van der Waals surface area contributed by atoms with Crippen LogP contribution in [-0.2, 0) is 5.11 Å². The van der Waals surface area contributed by atoms with Gasteiger partial charge >= 0.3 is 0 Å². The smallest absolute Gasteiger partial charge is 0.0825 e. The maximum Gasteiger partial charge on any atom is 0.0825 e. The molecule has 1 nitrogen and oxygen atoms in total. The van der Waals surface area contributed by atoms with E-state index in [2.05, 4.69) is 20.8 Å². The lowest BCUT2D eigenvalue weighted by Gasteiger charge is -2.19. The summed E-state index contributed by atoms with van der Waals surface area (Å²) < 4.78 is 0. The van der Waals surface area contributed by atoms with Crippen LogP contribution in [0.4, 0.5) is 0 Å². The fourth-order valence-corrected chi connectivity index (χ4v) is 1.52. The van der Waals surface area contributed by atoms with Crippen molar-refractivity contribution >= 4 is 0 Å². The van der Waals surface area contributed by atoms with Crippen molar-refractivity contribution in [3.63, 3.8) is 0 Å². The van der Waals surface area contributed by atoms with Crippen molar-refractivity contribution in [2.45, 2.75) is 40.0 Å². The first-order valence-corrected chi connectivity index (χ1v) is 4.34. The van der Waals surface area contributed by atoms with Gasteiger partial charge in [0, 0.05) is 0 Å². The minimum Gasteiger partial charge on any atom is -0.237 e. The van der Waals surface area contributed by atoms with Crippen LogP contribution in [0.25, 0.3) is 0 Å². The minimum atomic E-state index is 0.0949. The topological polar surface area (TPSA) is 19.9 Å². The van der Waals surface area contributed by atoms with Gasteiger partial charge in [0.15, 0.2) is 0 Å². The van der Waals surface area contributed by atoms with Crippen molar-refractivity contribution in [1.82, 2.24) is 0 Å². The Morgan fingerprint density at radius 3 is 2.00 bits per heavy atom. The second kappa shape index (κ2) is 5.72. The molecule has 0 saturated carbocycles. The lowest BCUT2D eigenvalue weighted by Crippen LogP contribution is -2.10. The van der Waals surface area contributed by atoms with Gasteiger partial charge in [0.05, 0.1) is 6.61 Å². The van der Waals surface area contributed by atoms with Crippen LogP contribution in [-0.4, -0.2) is 6.61 Å². The lowest BCUT2D eigenvalue weighted by atomic mass is 9.87. The third-order valence-corrected chi connectivity index (χ3v) is 2.43. The van der Waals surface area contributed by atoms with Gasteiger partial charge in [-0.25, -0.2) is 5.11 Å². The van der Waals surface area contributed by atoms with Crippen LogP contribution in [0.15, 0.2) is 0 Å². The standard InChI is InChI=1S/C9H19O/c1-4-9(5-2)8(3)6-7-10/h8-9H,4-7H2,1-3H3. The van der Waals surface area contributed by atoms with Gasteiger partial charge in [-0.05, 0) is 18.3 Å². The van der Waals surface area contributed by atoms with E-state index < -0.39 is 0 Å². The van der Waals surface area contributed by atoms with E-state index in [1.165, 1.54) is 12.8 Å². The molecule has 0 aliphatic rings. The maximum absolute atomic E-state index is 10.3. The first-order valence-electron chi connectivity index (χ1n) is 4.34. The van der Waals surface area contributed by atoms with Crippen LogP contribution in [0.5, 0.6) is 0 Å². The molecule has 0 aromatic carbocycles. The van der Waals surface area contributed by atoms with Crippen molar-refractivity contribution in [1.29, 1.82) is 0 Å². The number of hydrogen-bond acceptors (Lipinski definition) is 0. The normalized spacial score (nSPS) is 14.1. The third-order valence-electron chi connectivity index (χ3n) is 2.43. The molecule has 1 radical (unpaired) electrons. The van der Waals surface area contributed by atoms with Gasteiger partial charge in [-0.2, -0.15) is 0 Å². The zero-order chi connectivity index (χ0) is 7.98. The fraction of sp³-hybridized carbons (Fsp3) is 1.00. The third kappa shape index (κ3) is 3.21. The summed E-state index contributed by atoms with van der Waals surface area (Å²) in [5.41, 5.74) is 0.